The normalized spacial score (nSPS) is 18.7. The molecule has 0 bridgehead atoms. The first-order chi connectivity index (χ1) is 10.4. The lowest BCUT2D eigenvalue weighted by atomic mass is 10.2. The van der Waals surface area contributed by atoms with Crippen LogP contribution in [-0.2, 0) is 4.74 Å². The molecule has 118 valence electrons. The molecule has 0 saturated carbocycles. The van der Waals surface area contributed by atoms with Crippen LogP contribution in [0.15, 0.2) is 30.7 Å². The first-order valence-electron chi connectivity index (χ1n) is 7.58. The fourth-order valence-corrected chi connectivity index (χ4v) is 2.74. The molecule has 0 aromatic carbocycles. The summed E-state index contributed by atoms with van der Waals surface area (Å²) in [5, 5.41) is 2.94. The van der Waals surface area contributed by atoms with E-state index >= 15 is 0 Å². The average Bonchev–Trinajstić information content (AvgIpc) is 3.04. The molecule has 3 rings (SSSR count). The highest BCUT2D eigenvalue weighted by atomic mass is 16.6. The first-order valence-corrected chi connectivity index (χ1v) is 7.58. The van der Waals surface area contributed by atoms with Crippen LogP contribution in [0, 0.1) is 0 Å². The maximum Gasteiger partial charge on any atom is 0.407 e. The van der Waals surface area contributed by atoms with Gasteiger partial charge in [0.05, 0.1) is 11.6 Å². The van der Waals surface area contributed by atoms with Gasteiger partial charge in [-0.05, 0) is 39.3 Å². The highest BCUT2D eigenvalue weighted by Crippen LogP contribution is 2.23. The summed E-state index contributed by atoms with van der Waals surface area (Å²) in [4.78, 5) is 18.6. The van der Waals surface area contributed by atoms with Crippen LogP contribution in [0.4, 0.5) is 10.6 Å². The number of alkyl carbamates (subject to hydrolysis) is 1. The van der Waals surface area contributed by atoms with E-state index in [4.69, 9.17) is 4.74 Å². The Balaban J connectivity index is 1.65. The summed E-state index contributed by atoms with van der Waals surface area (Å²) in [6.07, 6.45) is 6.28. The number of nitrogens with zero attached hydrogens (tertiary/aromatic N) is 3. The molecule has 1 atom stereocenters. The minimum atomic E-state index is -0.471. The van der Waals surface area contributed by atoms with Crippen molar-refractivity contribution in [2.24, 2.45) is 0 Å². The summed E-state index contributed by atoms with van der Waals surface area (Å²) >= 11 is 0. The third kappa shape index (κ3) is 3.16. The third-order valence-corrected chi connectivity index (χ3v) is 3.64. The Bertz CT molecular complexity index is 674. The number of anilines is 1. The number of carbonyl (C=O) groups is 1. The topological polar surface area (TPSA) is 58.9 Å². The minimum Gasteiger partial charge on any atom is -0.444 e. The van der Waals surface area contributed by atoms with Crippen molar-refractivity contribution in [1.82, 2.24) is 14.7 Å². The molecule has 1 saturated heterocycles. The number of ether oxygens (including phenoxy) is 1. The van der Waals surface area contributed by atoms with Gasteiger partial charge in [-0.25, -0.2) is 9.78 Å². The quantitative estimate of drug-likeness (QED) is 0.925. The van der Waals surface area contributed by atoms with Crippen LogP contribution in [0.1, 0.15) is 27.2 Å². The number of hydrogen-bond donors (Lipinski definition) is 1. The van der Waals surface area contributed by atoms with E-state index in [9.17, 15) is 4.79 Å². The Morgan fingerprint density at radius 3 is 3.00 bits per heavy atom. The molecule has 1 fully saturated rings. The molecule has 1 amide bonds. The molecular formula is C16H22N4O2. The average molecular weight is 302 g/mol. The van der Waals surface area contributed by atoms with Crippen LogP contribution in [0.5, 0.6) is 0 Å². The van der Waals surface area contributed by atoms with Gasteiger partial charge in [-0.3, -0.25) is 0 Å². The van der Waals surface area contributed by atoms with Crippen molar-refractivity contribution in [3.8, 4) is 0 Å². The van der Waals surface area contributed by atoms with Crippen molar-refractivity contribution >= 4 is 17.4 Å². The van der Waals surface area contributed by atoms with E-state index in [1.165, 1.54) is 0 Å². The Morgan fingerprint density at radius 1 is 1.41 bits per heavy atom. The first kappa shape index (κ1) is 14.7. The Labute approximate surface area is 130 Å². The molecular weight excluding hydrogens is 280 g/mol. The number of aromatic nitrogens is 2. The van der Waals surface area contributed by atoms with E-state index < -0.39 is 5.60 Å². The van der Waals surface area contributed by atoms with E-state index in [0.29, 0.717) is 0 Å². The van der Waals surface area contributed by atoms with Crippen LogP contribution in [0.3, 0.4) is 0 Å². The summed E-state index contributed by atoms with van der Waals surface area (Å²) in [5.74, 6) is 0.959. The van der Waals surface area contributed by atoms with Gasteiger partial charge in [-0.1, -0.05) is 0 Å². The van der Waals surface area contributed by atoms with Gasteiger partial charge in [0, 0.05) is 31.7 Å². The van der Waals surface area contributed by atoms with Crippen molar-refractivity contribution in [2.45, 2.75) is 38.8 Å². The minimum absolute atomic E-state index is 0.0897. The summed E-state index contributed by atoms with van der Waals surface area (Å²) in [7, 11) is 0. The van der Waals surface area contributed by atoms with Crippen molar-refractivity contribution in [1.29, 1.82) is 0 Å². The van der Waals surface area contributed by atoms with Gasteiger partial charge >= 0.3 is 6.09 Å². The second-order valence-corrected chi connectivity index (χ2v) is 6.63. The molecule has 1 aliphatic rings. The number of amides is 1. The fourth-order valence-electron chi connectivity index (χ4n) is 2.74. The van der Waals surface area contributed by atoms with Crippen molar-refractivity contribution in [3.05, 3.63) is 30.7 Å². The zero-order chi connectivity index (χ0) is 15.7. The number of carbonyl (C=O) groups excluding carboxylic acids is 1. The molecule has 2 aromatic rings. The standard InChI is InChI=1S/C16H22N4O2/c1-16(2,3)22-15(21)18-12-6-9-20(11-12)14-13-5-4-8-19(13)10-7-17-14/h4-5,7-8,10,12H,6,9,11H2,1-3H3,(H,18,21). The van der Waals surface area contributed by atoms with Gasteiger partial charge in [0.15, 0.2) is 5.82 Å². The van der Waals surface area contributed by atoms with Gasteiger partial charge in [-0.2, -0.15) is 0 Å². The monoisotopic (exact) mass is 302 g/mol. The van der Waals surface area contributed by atoms with Gasteiger partial charge in [0.2, 0.25) is 0 Å². The number of fused-ring (bicyclic) bond motifs is 1. The number of rotatable bonds is 2. The van der Waals surface area contributed by atoms with Crippen LogP contribution in [0.25, 0.3) is 5.52 Å². The highest BCUT2D eigenvalue weighted by molar-refractivity contribution is 5.71. The number of hydrogen-bond acceptors (Lipinski definition) is 4. The van der Waals surface area contributed by atoms with Gasteiger partial charge in [0.1, 0.15) is 5.60 Å². The second kappa shape index (κ2) is 5.51. The lowest BCUT2D eigenvalue weighted by molar-refractivity contribution is 0.0509. The maximum atomic E-state index is 11.9. The highest BCUT2D eigenvalue weighted by Gasteiger charge is 2.27. The SMILES string of the molecule is CC(C)(C)OC(=O)NC1CCN(c2nccn3cccc23)C1. The zero-order valence-corrected chi connectivity index (χ0v) is 13.2. The molecule has 1 aliphatic heterocycles. The molecule has 0 aliphatic carbocycles. The van der Waals surface area contributed by atoms with Crippen molar-refractivity contribution in [3.63, 3.8) is 0 Å². The predicted molar refractivity (Wildman–Crippen MR) is 85.2 cm³/mol. The largest absolute Gasteiger partial charge is 0.444 e. The van der Waals surface area contributed by atoms with Crippen molar-refractivity contribution < 1.29 is 9.53 Å². The van der Waals surface area contributed by atoms with Crippen LogP contribution in [-0.4, -0.2) is 40.2 Å². The summed E-state index contributed by atoms with van der Waals surface area (Å²) in [6.45, 7) is 7.22. The van der Waals surface area contributed by atoms with Gasteiger partial charge in [0.25, 0.3) is 0 Å². The predicted octanol–water partition coefficient (Wildman–Crippen LogP) is 2.44. The Kier molecular flexibility index (Phi) is 3.68. The Morgan fingerprint density at radius 2 is 2.23 bits per heavy atom. The number of nitrogens with one attached hydrogen (secondary N) is 1. The molecule has 0 radical (unpaired) electrons. The smallest absolute Gasteiger partial charge is 0.407 e. The second-order valence-electron chi connectivity index (χ2n) is 6.63. The van der Waals surface area contributed by atoms with Crippen LogP contribution in [0.2, 0.25) is 0 Å². The maximum absolute atomic E-state index is 11.9. The molecule has 1 N–H and O–H groups in total. The molecule has 1 unspecified atom stereocenters. The van der Waals surface area contributed by atoms with E-state index in [-0.39, 0.29) is 12.1 Å². The fraction of sp³-hybridized carbons (Fsp3) is 0.500. The Hall–Kier alpha value is -2.24. The van der Waals surface area contributed by atoms with Gasteiger partial charge in [-0.15, -0.1) is 0 Å². The van der Waals surface area contributed by atoms with E-state index in [2.05, 4.69) is 25.7 Å². The lowest BCUT2D eigenvalue weighted by Gasteiger charge is -2.22. The molecule has 2 aromatic heterocycles. The van der Waals surface area contributed by atoms with E-state index in [1.807, 2.05) is 39.2 Å². The molecule has 6 heteroatoms. The summed E-state index contributed by atoms with van der Waals surface area (Å²) in [6, 6.07) is 4.15. The molecule has 0 spiro atoms. The molecule has 6 nitrogen and oxygen atoms in total. The van der Waals surface area contributed by atoms with Crippen LogP contribution < -0.4 is 10.2 Å². The van der Waals surface area contributed by atoms with E-state index in [1.54, 1.807) is 6.20 Å². The summed E-state index contributed by atoms with van der Waals surface area (Å²) < 4.78 is 7.36. The third-order valence-electron chi connectivity index (χ3n) is 3.64. The van der Waals surface area contributed by atoms with Crippen molar-refractivity contribution in [2.75, 3.05) is 18.0 Å². The molecule has 22 heavy (non-hydrogen) atoms. The van der Waals surface area contributed by atoms with Crippen LogP contribution >= 0.6 is 0 Å². The van der Waals surface area contributed by atoms with Gasteiger partial charge < -0.3 is 19.4 Å². The zero-order valence-electron chi connectivity index (χ0n) is 13.2. The molecule has 3 heterocycles. The summed E-state index contributed by atoms with van der Waals surface area (Å²) in [5.41, 5.74) is 0.613. The van der Waals surface area contributed by atoms with E-state index in [0.717, 1.165) is 30.8 Å². The lowest BCUT2D eigenvalue weighted by Crippen LogP contribution is -2.40.